The van der Waals surface area contributed by atoms with Gasteiger partial charge in [-0.3, -0.25) is 4.79 Å². The fraction of sp³-hybridized carbons (Fsp3) is 0.273. The standard InChI is InChI=1S/C11H12ClN3O2/c1-2-15(6-8-4-3-5-17-8)10-9(12)11(16)14-7-13-10/h3-5,7H,2,6H2,1H3,(H,13,14,16). The normalized spacial score (nSPS) is 10.5. The first-order chi connectivity index (χ1) is 8.22. The smallest absolute Gasteiger partial charge is 0.271 e. The Bertz CT molecular complexity index is 536. The van der Waals surface area contributed by atoms with Crippen molar-refractivity contribution in [1.82, 2.24) is 9.97 Å². The molecule has 0 aliphatic heterocycles. The molecule has 0 bridgehead atoms. The second-order valence-corrected chi connectivity index (χ2v) is 3.84. The quantitative estimate of drug-likeness (QED) is 0.906. The van der Waals surface area contributed by atoms with Gasteiger partial charge in [0.2, 0.25) is 0 Å². The molecule has 2 aromatic heterocycles. The van der Waals surface area contributed by atoms with Gasteiger partial charge in [0, 0.05) is 6.54 Å². The van der Waals surface area contributed by atoms with Gasteiger partial charge in [-0.05, 0) is 19.1 Å². The van der Waals surface area contributed by atoms with E-state index in [0.717, 1.165) is 5.76 Å². The van der Waals surface area contributed by atoms with Gasteiger partial charge in [0.1, 0.15) is 10.8 Å². The molecule has 90 valence electrons. The van der Waals surface area contributed by atoms with Crippen molar-refractivity contribution < 1.29 is 4.42 Å². The molecular weight excluding hydrogens is 242 g/mol. The molecule has 0 saturated heterocycles. The zero-order chi connectivity index (χ0) is 12.3. The van der Waals surface area contributed by atoms with Crippen LogP contribution < -0.4 is 10.5 Å². The number of nitrogens with one attached hydrogen (secondary N) is 1. The summed E-state index contributed by atoms with van der Waals surface area (Å²) in [4.78, 5) is 19.8. The van der Waals surface area contributed by atoms with E-state index in [2.05, 4.69) is 9.97 Å². The maximum absolute atomic E-state index is 11.4. The van der Waals surface area contributed by atoms with Gasteiger partial charge in [0.05, 0.1) is 19.1 Å². The largest absolute Gasteiger partial charge is 0.467 e. The monoisotopic (exact) mass is 253 g/mol. The van der Waals surface area contributed by atoms with Gasteiger partial charge >= 0.3 is 0 Å². The topological polar surface area (TPSA) is 62.1 Å². The SMILES string of the molecule is CCN(Cc1ccco1)c1nc[nH]c(=O)c1Cl. The maximum Gasteiger partial charge on any atom is 0.271 e. The van der Waals surface area contributed by atoms with Crippen molar-refractivity contribution in [1.29, 1.82) is 0 Å². The van der Waals surface area contributed by atoms with Crippen LogP contribution in [-0.2, 0) is 6.54 Å². The Hall–Kier alpha value is -1.75. The number of aromatic amines is 1. The molecule has 0 amide bonds. The van der Waals surface area contributed by atoms with Crippen LogP contribution in [0.1, 0.15) is 12.7 Å². The van der Waals surface area contributed by atoms with Crippen LogP contribution in [0.3, 0.4) is 0 Å². The number of furan rings is 1. The third kappa shape index (κ3) is 2.50. The van der Waals surface area contributed by atoms with Gasteiger partial charge in [0.25, 0.3) is 5.56 Å². The van der Waals surface area contributed by atoms with Crippen molar-refractivity contribution in [2.24, 2.45) is 0 Å². The molecule has 5 nitrogen and oxygen atoms in total. The minimum Gasteiger partial charge on any atom is -0.467 e. The van der Waals surface area contributed by atoms with Gasteiger partial charge in [0.15, 0.2) is 5.82 Å². The molecule has 0 saturated carbocycles. The van der Waals surface area contributed by atoms with Gasteiger partial charge < -0.3 is 14.3 Å². The first-order valence-corrected chi connectivity index (χ1v) is 5.60. The average Bonchev–Trinajstić information content (AvgIpc) is 2.83. The summed E-state index contributed by atoms with van der Waals surface area (Å²) in [6.45, 7) is 3.17. The van der Waals surface area contributed by atoms with Crippen LogP contribution in [0.4, 0.5) is 5.82 Å². The second kappa shape index (κ2) is 5.05. The first-order valence-electron chi connectivity index (χ1n) is 5.23. The lowest BCUT2D eigenvalue weighted by Crippen LogP contribution is -2.25. The van der Waals surface area contributed by atoms with Crippen molar-refractivity contribution >= 4 is 17.4 Å². The predicted molar refractivity (Wildman–Crippen MR) is 65.3 cm³/mol. The molecule has 0 aliphatic rings. The summed E-state index contributed by atoms with van der Waals surface area (Å²) < 4.78 is 5.26. The van der Waals surface area contributed by atoms with Gasteiger partial charge in [-0.25, -0.2) is 4.98 Å². The summed E-state index contributed by atoms with van der Waals surface area (Å²) >= 11 is 5.93. The van der Waals surface area contributed by atoms with E-state index in [9.17, 15) is 4.79 Å². The molecule has 17 heavy (non-hydrogen) atoms. The van der Waals surface area contributed by atoms with E-state index in [0.29, 0.717) is 18.9 Å². The fourth-order valence-electron chi connectivity index (χ4n) is 1.52. The summed E-state index contributed by atoms with van der Waals surface area (Å²) in [7, 11) is 0. The molecule has 0 atom stereocenters. The Morgan fingerprint density at radius 3 is 3.06 bits per heavy atom. The molecule has 0 spiro atoms. The van der Waals surface area contributed by atoms with E-state index in [1.54, 1.807) is 6.26 Å². The van der Waals surface area contributed by atoms with Crippen LogP contribution in [0.5, 0.6) is 0 Å². The summed E-state index contributed by atoms with van der Waals surface area (Å²) in [5, 5.41) is 0.0981. The zero-order valence-corrected chi connectivity index (χ0v) is 10.1. The number of hydrogen-bond acceptors (Lipinski definition) is 4. The Balaban J connectivity index is 2.29. The summed E-state index contributed by atoms with van der Waals surface area (Å²) in [6, 6.07) is 3.68. The highest BCUT2D eigenvalue weighted by molar-refractivity contribution is 6.32. The van der Waals surface area contributed by atoms with E-state index in [-0.39, 0.29) is 10.6 Å². The van der Waals surface area contributed by atoms with Gasteiger partial charge in [-0.2, -0.15) is 0 Å². The van der Waals surface area contributed by atoms with Crippen molar-refractivity contribution in [2.75, 3.05) is 11.4 Å². The van der Waals surface area contributed by atoms with E-state index >= 15 is 0 Å². The van der Waals surface area contributed by atoms with Crippen LogP contribution in [0.2, 0.25) is 5.02 Å². The van der Waals surface area contributed by atoms with E-state index in [1.165, 1.54) is 6.33 Å². The number of hydrogen-bond donors (Lipinski definition) is 1. The Kier molecular flexibility index (Phi) is 3.49. The molecule has 2 rings (SSSR count). The molecule has 6 heteroatoms. The summed E-state index contributed by atoms with van der Waals surface area (Å²) in [5.74, 6) is 1.26. The number of rotatable bonds is 4. The lowest BCUT2D eigenvalue weighted by molar-refractivity contribution is 0.503. The molecule has 0 fully saturated rings. The minimum absolute atomic E-state index is 0.0981. The molecule has 0 unspecified atom stereocenters. The second-order valence-electron chi connectivity index (χ2n) is 3.46. The Morgan fingerprint density at radius 1 is 1.59 bits per heavy atom. The molecule has 0 radical (unpaired) electrons. The van der Waals surface area contributed by atoms with Gasteiger partial charge in [-0.15, -0.1) is 0 Å². The lowest BCUT2D eigenvalue weighted by Gasteiger charge is -2.20. The predicted octanol–water partition coefficient (Wildman–Crippen LogP) is 2.04. The molecule has 0 aromatic carbocycles. The maximum atomic E-state index is 11.4. The molecule has 2 heterocycles. The Morgan fingerprint density at radius 2 is 2.41 bits per heavy atom. The van der Waals surface area contributed by atoms with Crippen LogP contribution in [0.15, 0.2) is 33.9 Å². The Labute approximate surface area is 103 Å². The van der Waals surface area contributed by atoms with Crippen molar-refractivity contribution in [3.8, 4) is 0 Å². The van der Waals surface area contributed by atoms with Crippen LogP contribution in [0, 0.1) is 0 Å². The number of H-pyrrole nitrogens is 1. The number of aromatic nitrogens is 2. The third-order valence-electron chi connectivity index (χ3n) is 2.39. The number of nitrogens with zero attached hydrogens (tertiary/aromatic N) is 2. The minimum atomic E-state index is -0.338. The fourth-order valence-corrected chi connectivity index (χ4v) is 1.74. The lowest BCUT2D eigenvalue weighted by atomic mass is 10.4. The van der Waals surface area contributed by atoms with Crippen LogP contribution in [0.25, 0.3) is 0 Å². The zero-order valence-electron chi connectivity index (χ0n) is 9.31. The highest BCUT2D eigenvalue weighted by Crippen LogP contribution is 2.20. The van der Waals surface area contributed by atoms with E-state index in [4.69, 9.17) is 16.0 Å². The average molecular weight is 254 g/mol. The third-order valence-corrected chi connectivity index (χ3v) is 2.73. The highest BCUT2D eigenvalue weighted by atomic mass is 35.5. The summed E-state index contributed by atoms with van der Waals surface area (Å²) in [5.41, 5.74) is -0.338. The molecule has 2 aromatic rings. The van der Waals surface area contributed by atoms with E-state index < -0.39 is 0 Å². The molecule has 0 aliphatic carbocycles. The summed E-state index contributed by atoms with van der Waals surface area (Å²) in [6.07, 6.45) is 2.95. The van der Waals surface area contributed by atoms with E-state index in [1.807, 2.05) is 24.0 Å². The number of anilines is 1. The molecule has 1 N–H and O–H groups in total. The van der Waals surface area contributed by atoms with Crippen molar-refractivity contribution in [2.45, 2.75) is 13.5 Å². The number of halogens is 1. The van der Waals surface area contributed by atoms with Crippen molar-refractivity contribution in [3.05, 3.63) is 45.9 Å². The molecular formula is C11H12ClN3O2. The highest BCUT2D eigenvalue weighted by Gasteiger charge is 2.14. The van der Waals surface area contributed by atoms with Crippen LogP contribution >= 0.6 is 11.6 Å². The van der Waals surface area contributed by atoms with Crippen LogP contribution in [-0.4, -0.2) is 16.5 Å². The van der Waals surface area contributed by atoms with Gasteiger partial charge in [-0.1, -0.05) is 11.6 Å². The first kappa shape index (κ1) is 11.7. The van der Waals surface area contributed by atoms with Crippen molar-refractivity contribution in [3.63, 3.8) is 0 Å².